The van der Waals surface area contributed by atoms with Crippen molar-refractivity contribution in [3.05, 3.63) is 35.6 Å². The molecule has 1 aromatic rings. The molecule has 0 amide bonds. The van der Waals surface area contributed by atoms with Crippen LogP contribution < -0.4 is 5.32 Å². The lowest BCUT2D eigenvalue weighted by atomic mass is 9.80. The first-order valence-corrected chi connectivity index (χ1v) is 7.65. The van der Waals surface area contributed by atoms with Crippen molar-refractivity contribution >= 4 is 0 Å². The Labute approximate surface area is 123 Å². The maximum atomic E-state index is 13.0. The highest BCUT2D eigenvalue weighted by molar-refractivity contribution is 5.19. The van der Waals surface area contributed by atoms with Crippen LogP contribution in [-0.2, 0) is 6.42 Å². The monoisotopic (exact) mass is 280 g/mol. The minimum atomic E-state index is -0.168. The third kappa shape index (κ3) is 3.80. The van der Waals surface area contributed by atoms with Gasteiger partial charge in [-0.25, -0.2) is 4.39 Å². The lowest BCUT2D eigenvalue weighted by Gasteiger charge is -2.45. The molecule has 0 radical (unpaired) electrons. The van der Waals surface area contributed by atoms with Crippen molar-refractivity contribution in [3.63, 3.8) is 0 Å². The van der Waals surface area contributed by atoms with E-state index >= 15 is 0 Å². The standard InChI is InChI=1S/C17H29FN2/c1-6-17(7-2,20(4)5)16(19-8-3)13-14-9-11-15(18)12-10-14/h9-12,16,19H,6-8,13H2,1-5H3. The van der Waals surface area contributed by atoms with Gasteiger partial charge in [-0.2, -0.15) is 0 Å². The van der Waals surface area contributed by atoms with Crippen LogP contribution in [-0.4, -0.2) is 37.1 Å². The molecule has 3 heteroatoms. The minimum absolute atomic E-state index is 0.129. The van der Waals surface area contributed by atoms with Gasteiger partial charge in [0.25, 0.3) is 0 Å². The van der Waals surface area contributed by atoms with E-state index < -0.39 is 0 Å². The first kappa shape index (κ1) is 17.1. The molecule has 0 fully saturated rings. The predicted molar refractivity (Wildman–Crippen MR) is 84.6 cm³/mol. The molecule has 1 rings (SSSR count). The van der Waals surface area contributed by atoms with E-state index in [9.17, 15) is 4.39 Å². The normalized spacial score (nSPS) is 13.8. The first-order valence-electron chi connectivity index (χ1n) is 7.65. The van der Waals surface area contributed by atoms with E-state index in [4.69, 9.17) is 0 Å². The summed E-state index contributed by atoms with van der Waals surface area (Å²) < 4.78 is 13.0. The van der Waals surface area contributed by atoms with Crippen LogP contribution in [0.2, 0.25) is 0 Å². The van der Waals surface area contributed by atoms with Gasteiger partial charge >= 0.3 is 0 Å². The van der Waals surface area contributed by atoms with Crippen LogP contribution in [0.1, 0.15) is 39.2 Å². The summed E-state index contributed by atoms with van der Waals surface area (Å²) in [5.74, 6) is -0.168. The summed E-state index contributed by atoms with van der Waals surface area (Å²) in [6, 6.07) is 7.25. The minimum Gasteiger partial charge on any atom is -0.312 e. The largest absolute Gasteiger partial charge is 0.312 e. The number of likely N-dealkylation sites (N-methyl/N-ethyl adjacent to an activating group) is 2. The van der Waals surface area contributed by atoms with Gasteiger partial charge in [0.05, 0.1) is 0 Å². The topological polar surface area (TPSA) is 15.3 Å². The summed E-state index contributed by atoms with van der Waals surface area (Å²) in [5.41, 5.74) is 1.31. The molecule has 2 nitrogen and oxygen atoms in total. The van der Waals surface area contributed by atoms with Crippen molar-refractivity contribution in [2.75, 3.05) is 20.6 Å². The van der Waals surface area contributed by atoms with Gasteiger partial charge in [0.2, 0.25) is 0 Å². The van der Waals surface area contributed by atoms with Crippen LogP contribution in [0.15, 0.2) is 24.3 Å². The summed E-state index contributed by atoms with van der Waals surface area (Å²) in [4.78, 5) is 2.34. The van der Waals surface area contributed by atoms with Gasteiger partial charge in [-0.3, -0.25) is 0 Å². The Kier molecular flexibility index (Phi) is 6.63. The number of benzene rings is 1. The highest BCUT2D eigenvalue weighted by atomic mass is 19.1. The van der Waals surface area contributed by atoms with E-state index in [1.807, 2.05) is 12.1 Å². The number of hydrogen-bond acceptors (Lipinski definition) is 2. The second-order valence-electron chi connectivity index (χ2n) is 5.65. The van der Waals surface area contributed by atoms with Crippen LogP contribution in [0.25, 0.3) is 0 Å². The Morgan fingerprint density at radius 1 is 1.10 bits per heavy atom. The fraction of sp³-hybridized carbons (Fsp3) is 0.647. The number of nitrogens with zero attached hydrogens (tertiary/aromatic N) is 1. The molecule has 0 spiro atoms. The Bertz CT molecular complexity index is 382. The highest BCUT2D eigenvalue weighted by Gasteiger charge is 2.37. The lowest BCUT2D eigenvalue weighted by Crippen LogP contribution is -2.59. The van der Waals surface area contributed by atoms with Crippen molar-refractivity contribution in [1.82, 2.24) is 10.2 Å². The van der Waals surface area contributed by atoms with Crippen LogP contribution in [0, 0.1) is 5.82 Å². The second kappa shape index (κ2) is 7.75. The average molecular weight is 280 g/mol. The van der Waals surface area contributed by atoms with Crippen molar-refractivity contribution in [2.24, 2.45) is 0 Å². The molecule has 0 aliphatic rings. The average Bonchev–Trinajstić information content (AvgIpc) is 2.43. The molecular weight excluding hydrogens is 251 g/mol. The molecule has 1 atom stereocenters. The van der Waals surface area contributed by atoms with Crippen LogP contribution in [0.4, 0.5) is 4.39 Å². The van der Waals surface area contributed by atoms with Crippen molar-refractivity contribution in [1.29, 1.82) is 0 Å². The molecule has 1 N–H and O–H groups in total. The Morgan fingerprint density at radius 3 is 2.05 bits per heavy atom. The van der Waals surface area contributed by atoms with E-state index in [2.05, 4.69) is 45.1 Å². The quantitative estimate of drug-likeness (QED) is 0.784. The van der Waals surface area contributed by atoms with Gasteiger partial charge in [0.1, 0.15) is 5.82 Å². The SMILES string of the molecule is CCNC(Cc1ccc(F)cc1)C(CC)(CC)N(C)C. The molecule has 0 aliphatic carbocycles. The maximum Gasteiger partial charge on any atom is 0.123 e. The van der Waals surface area contributed by atoms with Crippen LogP contribution in [0.3, 0.4) is 0 Å². The van der Waals surface area contributed by atoms with E-state index in [0.717, 1.165) is 25.8 Å². The van der Waals surface area contributed by atoms with Crippen LogP contribution >= 0.6 is 0 Å². The molecule has 0 aliphatic heterocycles. The zero-order chi connectivity index (χ0) is 15.2. The van der Waals surface area contributed by atoms with Crippen molar-refractivity contribution in [2.45, 2.75) is 51.6 Å². The van der Waals surface area contributed by atoms with Crippen LogP contribution in [0.5, 0.6) is 0 Å². The number of nitrogens with one attached hydrogen (secondary N) is 1. The molecular formula is C17H29FN2. The summed E-state index contributed by atoms with van der Waals surface area (Å²) in [6.45, 7) is 7.59. The van der Waals surface area contributed by atoms with Gasteiger partial charge in [-0.15, -0.1) is 0 Å². The van der Waals surface area contributed by atoms with Crippen molar-refractivity contribution in [3.8, 4) is 0 Å². The van der Waals surface area contributed by atoms with Gasteiger partial charge in [-0.05, 0) is 57.6 Å². The Balaban J connectivity index is 2.99. The Morgan fingerprint density at radius 2 is 1.65 bits per heavy atom. The second-order valence-corrected chi connectivity index (χ2v) is 5.65. The Hall–Kier alpha value is -0.930. The van der Waals surface area contributed by atoms with E-state index in [1.54, 1.807) is 12.1 Å². The summed E-state index contributed by atoms with van der Waals surface area (Å²) in [7, 11) is 4.31. The molecule has 0 saturated carbocycles. The fourth-order valence-electron chi connectivity index (χ4n) is 3.24. The number of halogens is 1. The predicted octanol–water partition coefficient (Wildman–Crippen LogP) is 3.47. The van der Waals surface area contributed by atoms with Gasteiger partial charge < -0.3 is 10.2 Å². The molecule has 0 aromatic heterocycles. The molecule has 0 bridgehead atoms. The third-order valence-electron chi connectivity index (χ3n) is 4.57. The molecule has 1 aromatic carbocycles. The van der Waals surface area contributed by atoms with E-state index in [1.165, 1.54) is 5.56 Å². The molecule has 0 saturated heterocycles. The maximum absolute atomic E-state index is 13.0. The first-order chi connectivity index (χ1) is 9.50. The number of hydrogen-bond donors (Lipinski definition) is 1. The van der Waals surface area contributed by atoms with E-state index in [-0.39, 0.29) is 11.4 Å². The van der Waals surface area contributed by atoms with Crippen molar-refractivity contribution < 1.29 is 4.39 Å². The van der Waals surface area contributed by atoms with Gasteiger partial charge in [-0.1, -0.05) is 32.9 Å². The molecule has 20 heavy (non-hydrogen) atoms. The zero-order valence-corrected chi connectivity index (χ0v) is 13.5. The third-order valence-corrected chi connectivity index (χ3v) is 4.57. The molecule has 114 valence electrons. The van der Waals surface area contributed by atoms with Gasteiger partial charge in [0, 0.05) is 11.6 Å². The highest BCUT2D eigenvalue weighted by Crippen LogP contribution is 2.28. The zero-order valence-electron chi connectivity index (χ0n) is 13.5. The van der Waals surface area contributed by atoms with E-state index in [0.29, 0.717) is 6.04 Å². The number of rotatable bonds is 8. The fourth-order valence-corrected chi connectivity index (χ4v) is 3.24. The smallest absolute Gasteiger partial charge is 0.123 e. The molecule has 1 unspecified atom stereocenters. The summed E-state index contributed by atoms with van der Waals surface area (Å²) in [6.07, 6.45) is 3.11. The summed E-state index contributed by atoms with van der Waals surface area (Å²) >= 11 is 0. The molecule has 0 heterocycles. The van der Waals surface area contributed by atoms with Gasteiger partial charge in [0.15, 0.2) is 0 Å². The summed E-state index contributed by atoms with van der Waals surface area (Å²) in [5, 5.41) is 3.63. The lowest BCUT2D eigenvalue weighted by molar-refractivity contribution is 0.0889.